The molecule has 0 N–H and O–H groups in total. The Morgan fingerprint density at radius 1 is 1.27 bits per heavy atom. The quantitative estimate of drug-likeness (QED) is 0.812. The molecule has 0 radical (unpaired) electrons. The van der Waals surface area contributed by atoms with Crippen LogP contribution >= 0.6 is 0 Å². The highest BCUT2D eigenvalue weighted by molar-refractivity contribution is 5.86. The van der Waals surface area contributed by atoms with Crippen LogP contribution in [-0.2, 0) is 16.1 Å². The van der Waals surface area contributed by atoms with Crippen LogP contribution in [0.1, 0.15) is 52.5 Å². The number of amides is 2. The van der Waals surface area contributed by atoms with E-state index in [4.69, 9.17) is 4.74 Å². The van der Waals surface area contributed by atoms with Crippen LogP contribution in [0.5, 0.6) is 0 Å². The van der Waals surface area contributed by atoms with Gasteiger partial charge in [-0.15, -0.1) is 0 Å². The predicted octanol–water partition coefficient (Wildman–Crippen LogP) is 3.96. The van der Waals surface area contributed by atoms with Gasteiger partial charge in [0.05, 0.1) is 0 Å². The minimum Gasteiger partial charge on any atom is -0.444 e. The summed E-state index contributed by atoms with van der Waals surface area (Å²) in [5.41, 5.74) is -0.137. The molecule has 1 aliphatic heterocycles. The number of likely N-dealkylation sites (N-methyl/N-ethyl adjacent to an activating group) is 1. The molecule has 1 aromatic rings. The molecule has 1 fully saturated rings. The van der Waals surface area contributed by atoms with Gasteiger partial charge >= 0.3 is 6.09 Å². The maximum Gasteiger partial charge on any atom is 0.410 e. The number of ether oxygens (including phenoxy) is 1. The maximum absolute atomic E-state index is 14.0. The number of carbonyl (C=O) groups is 2. The van der Waals surface area contributed by atoms with Gasteiger partial charge in [0.2, 0.25) is 5.91 Å². The molecule has 2 rings (SSSR count). The molecule has 1 aliphatic rings. The number of nitrogens with zero attached hydrogens (tertiary/aromatic N) is 2. The minimum atomic E-state index is -0.611. The Morgan fingerprint density at radius 2 is 1.96 bits per heavy atom. The van der Waals surface area contributed by atoms with Gasteiger partial charge in [0.15, 0.2) is 0 Å². The maximum atomic E-state index is 14.0. The molecule has 0 spiro atoms. The van der Waals surface area contributed by atoms with Crippen LogP contribution in [0.4, 0.5) is 9.18 Å². The molecule has 0 aromatic heterocycles. The standard InChI is InChI=1S/C20H29FN2O3/c1-5-22(14-15-10-6-7-11-16(15)21)18(24)17-12-8-9-13-23(17)19(25)26-20(2,3)4/h6-7,10-11,17H,5,8-9,12-14H2,1-4H3. The lowest BCUT2D eigenvalue weighted by molar-refractivity contribution is -0.138. The van der Waals surface area contributed by atoms with Crippen molar-refractivity contribution in [2.75, 3.05) is 13.1 Å². The fourth-order valence-corrected chi connectivity index (χ4v) is 3.12. The summed E-state index contributed by atoms with van der Waals surface area (Å²) in [6, 6.07) is 5.90. The van der Waals surface area contributed by atoms with Crippen LogP contribution in [0.2, 0.25) is 0 Å². The molecule has 26 heavy (non-hydrogen) atoms. The summed E-state index contributed by atoms with van der Waals surface area (Å²) in [5.74, 6) is -0.479. The Hall–Kier alpha value is -2.11. The van der Waals surface area contributed by atoms with Crippen molar-refractivity contribution < 1.29 is 18.7 Å². The van der Waals surface area contributed by atoms with Gasteiger partial charge in [-0.3, -0.25) is 9.69 Å². The van der Waals surface area contributed by atoms with Crippen LogP contribution in [-0.4, -0.2) is 46.5 Å². The minimum absolute atomic E-state index is 0.152. The highest BCUT2D eigenvalue weighted by Crippen LogP contribution is 2.23. The fraction of sp³-hybridized carbons (Fsp3) is 0.600. The molecule has 5 nitrogen and oxygen atoms in total. The molecule has 0 saturated carbocycles. The average molecular weight is 364 g/mol. The van der Waals surface area contributed by atoms with E-state index < -0.39 is 17.7 Å². The summed E-state index contributed by atoms with van der Waals surface area (Å²) in [4.78, 5) is 28.7. The van der Waals surface area contributed by atoms with Gasteiger partial charge in [-0.1, -0.05) is 18.2 Å². The van der Waals surface area contributed by atoms with Gasteiger partial charge < -0.3 is 9.64 Å². The summed E-state index contributed by atoms with van der Waals surface area (Å²) in [6.07, 6.45) is 1.87. The zero-order chi connectivity index (χ0) is 19.3. The first-order chi connectivity index (χ1) is 12.2. The lowest BCUT2D eigenvalue weighted by Gasteiger charge is -2.38. The molecule has 2 amide bonds. The molecule has 0 aliphatic carbocycles. The van der Waals surface area contributed by atoms with Gasteiger partial charge in [0, 0.05) is 25.2 Å². The Kier molecular flexibility index (Phi) is 6.62. The van der Waals surface area contributed by atoms with E-state index in [2.05, 4.69) is 0 Å². The number of piperidine rings is 1. The molecule has 1 heterocycles. The number of carbonyl (C=O) groups excluding carboxylic acids is 2. The van der Waals surface area contributed by atoms with E-state index in [1.807, 2.05) is 27.7 Å². The first kappa shape index (κ1) is 20.2. The lowest BCUT2D eigenvalue weighted by Crippen LogP contribution is -2.53. The monoisotopic (exact) mass is 364 g/mol. The van der Waals surface area contributed by atoms with Crippen molar-refractivity contribution in [3.63, 3.8) is 0 Å². The van der Waals surface area contributed by atoms with E-state index >= 15 is 0 Å². The van der Waals surface area contributed by atoms with E-state index in [0.717, 1.165) is 12.8 Å². The van der Waals surface area contributed by atoms with E-state index in [-0.39, 0.29) is 18.3 Å². The molecular weight excluding hydrogens is 335 g/mol. The topological polar surface area (TPSA) is 49.9 Å². The summed E-state index contributed by atoms with van der Waals surface area (Å²) < 4.78 is 19.4. The first-order valence-electron chi connectivity index (χ1n) is 9.24. The van der Waals surface area contributed by atoms with Crippen molar-refractivity contribution in [1.82, 2.24) is 9.80 Å². The second-order valence-electron chi connectivity index (χ2n) is 7.63. The zero-order valence-corrected chi connectivity index (χ0v) is 16.1. The summed E-state index contributed by atoms with van der Waals surface area (Å²) >= 11 is 0. The number of hydrogen-bond donors (Lipinski definition) is 0. The van der Waals surface area contributed by atoms with Gasteiger partial charge in [0.25, 0.3) is 0 Å². The second-order valence-corrected chi connectivity index (χ2v) is 7.63. The summed E-state index contributed by atoms with van der Waals surface area (Å²) in [5, 5.41) is 0. The number of likely N-dealkylation sites (tertiary alicyclic amines) is 1. The smallest absolute Gasteiger partial charge is 0.410 e. The van der Waals surface area contributed by atoms with Crippen LogP contribution < -0.4 is 0 Å². The van der Waals surface area contributed by atoms with Gasteiger partial charge in [-0.05, 0) is 53.0 Å². The molecular formula is C20H29FN2O3. The van der Waals surface area contributed by atoms with E-state index in [0.29, 0.717) is 25.1 Å². The van der Waals surface area contributed by atoms with E-state index in [1.165, 1.54) is 11.0 Å². The molecule has 1 aromatic carbocycles. The largest absolute Gasteiger partial charge is 0.444 e. The Labute approximate surface area is 155 Å². The number of hydrogen-bond acceptors (Lipinski definition) is 3. The average Bonchev–Trinajstić information content (AvgIpc) is 2.59. The van der Waals surface area contributed by atoms with Gasteiger partial charge in [0.1, 0.15) is 17.5 Å². The third-order valence-corrected chi connectivity index (χ3v) is 4.43. The normalized spacial score (nSPS) is 17.7. The lowest BCUT2D eigenvalue weighted by atomic mass is 10.0. The van der Waals surface area contributed by atoms with Crippen molar-refractivity contribution in [2.45, 2.75) is 65.1 Å². The van der Waals surface area contributed by atoms with Gasteiger partial charge in [-0.25, -0.2) is 9.18 Å². The van der Waals surface area contributed by atoms with Crippen molar-refractivity contribution in [2.24, 2.45) is 0 Å². The number of rotatable bonds is 4. The molecule has 6 heteroatoms. The third-order valence-electron chi connectivity index (χ3n) is 4.43. The van der Waals surface area contributed by atoms with Gasteiger partial charge in [-0.2, -0.15) is 0 Å². The van der Waals surface area contributed by atoms with Crippen molar-refractivity contribution >= 4 is 12.0 Å². The summed E-state index contributed by atoms with van der Waals surface area (Å²) in [7, 11) is 0. The number of halogens is 1. The number of benzene rings is 1. The molecule has 1 unspecified atom stereocenters. The highest BCUT2D eigenvalue weighted by Gasteiger charge is 2.36. The second kappa shape index (κ2) is 8.52. The molecule has 144 valence electrons. The highest BCUT2D eigenvalue weighted by atomic mass is 19.1. The Bertz CT molecular complexity index is 642. The Morgan fingerprint density at radius 3 is 2.58 bits per heavy atom. The molecule has 1 atom stereocenters. The third kappa shape index (κ3) is 5.19. The van der Waals surface area contributed by atoms with Crippen LogP contribution in [0, 0.1) is 5.82 Å². The van der Waals surface area contributed by atoms with Crippen molar-refractivity contribution in [1.29, 1.82) is 0 Å². The van der Waals surface area contributed by atoms with Crippen molar-refractivity contribution in [3.8, 4) is 0 Å². The van der Waals surface area contributed by atoms with E-state index in [9.17, 15) is 14.0 Å². The molecule has 1 saturated heterocycles. The summed E-state index contributed by atoms with van der Waals surface area (Å²) in [6.45, 7) is 8.43. The predicted molar refractivity (Wildman–Crippen MR) is 98.1 cm³/mol. The Balaban J connectivity index is 2.15. The van der Waals surface area contributed by atoms with Crippen LogP contribution in [0.3, 0.4) is 0 Å². The fourth-order valence-electron chi connectivity index (χ4n) is 3.12. The van der Waals surface area contributed by atoms with E-state index in [1.54, 1.807) is 23.1 Å². The molecule has 0 bridgehead atoms. The first-order valence-corrected chi connectivity index (χ1v) is 9.24. The SMILES string of the molecule is CCN(Cc1ccccc1F)C(=O)C1CCCCN1C(=O)OC(C)(C)C. The van der Waals surface area contributed by atoms with Crippen LogP contribution in [0.15, 0.2) is 24.3 Å². The zero-order valence-electron chi connectivity index (χ0n) is 16.1. The van der Waals surface area contributed by atoms with Crippen LogP contribution in [0.25, 0.3) is 0 Å². The van der Waals surface area contributed by atoms with Crippen molar-refractivity contribution in [3.05, 3.63) is 35.6 Å².